The number of carbonyl (C=O) groups is 2. The third kappa shape index (κ3) is 6.04. The van der Waals surface area contributed by atoms with Gasteiger partial charge in [-0.2, -0.15) is 13.2 Å². The molecular weight excluding hydrogens is 455 g/mol. The fourth-order valence-electron chi connectivity index (χ4n) is 5.03. The lowest BCUT2D eigenvalue weighted by Crippen LogP contribution is -2.38. The molecule has 0 bridgehead atoms. The van der Waals surface area contributed by atoms with Crippen molar-refractivity contribution in [3.63, 3.8) is 0 Å². The van der Waals surface area contributed by atoms with Gasteiger partial charge in [0.25, 0.3) is 5.91 Å². The van der Waals surface area contributed by atoms with Gasteiger partial charge in [0.05, 0.1) is 12.1 Å². The molecule has 0 saturated carbocycles. The highest BCUT2D eigenvalue weighted by molar-refractivity contribution is 5.98. The Labute approximate surface area is 204 Å². The van der Waals surface area contributed by atoms with Crippen molar-refractivity contribution < 1.29 is 22.8 Å². The molecule has 35 heavy (non-hydrogen) atoms. The molecule has 2 aliphatic rings. The van der Waals surface area contributed by atoms with E-state index in [4.69, 9.17) is 0 Å². The number of hydrogen-bond acceptors (Lipinski definition) is 3. The first kappa shape index (κ1) is 25.2. The van der Waals surface area contributed by atoms with Crippen LogP contribution in [0.4, 0.5) is 18.9 Å². The van der Waals surface area contributed by atoms with Gasteiger partial charge in [0.1, 0.15) is 0 Å². The highest BCUT2D eigenvalue weighted by Gasteiger charge is 2.31. The molecule has 1 atom stereocenters. The number of rotatable bonds is 5. The lowest BCUT2D eigenvalue weighted by molar-refractivity contribution is -0.137. The minimum Gasteiger partial charge on any atom is -0.339 e. The van der Waals surface area contributed by atoms with E-state index in [0.717, 1.165) is 42.6 Å². The molecule has 5 nitrogen and oxygen atoms in total. The van der Waals surface area contributed by atoms with Crippen molar-refractivity contribution in [1.82, 2.24) is 9.80 Å². The van der Waals surface area contributed by atoms with Gasteiger partial charge in [0, 0.05) is 30.4 Å². The summed E-state index contributed by atoms with van der Waals surface area (Å²) < 4.78 is 38.5. The zero-order chi connectivity index (χ0) is 25.2. The number of alkyl halides is 3. The van der Waals surface area contributed by atoms with Gasteiger partial charge in [-0.15, -0.1) is 0 Å². The predicted octanol–water partition coefficient (Wildman–Crippen LogP) is 5.46. The molecule has 1 N–H and O–H groups in total. The van der Waals surface area contributed by atoms with Gasteiger partial charge < -0.3 is 10.2 Å². The maximum atomic E-state index is 13.1. The molecule has 0 aromatic heterocycles. The van der Waals surface area contributed by atoms with Crippen LogP contribution in [0.2, 0.25) is 0 Å². The van der Waals surface area contributed by atoms with Crippen LogP contribution < -0.4 is 5.32 Å². The molecule has 8 heteroatoms. The Hall–Kier alpha value is -2.87. The fourth-order valence-corrected chi connectivity index (χ4v) is 5.03. The summed E-state index contributed by atoms with van der Waals surface area (Å²) >= 11 is 0. The lowest BCUT2D eigenvalue weighted by Gasteiger charge is -2.32. The van der Waals surface area contributed by atoms with Crippen LogP contribution in [0.3, 0.4) is 0 Å². The molecule has 2 aromatic rings. The zero-order valence-electron chi connectivity index (χ0n) is 20.2. The van der Waals surface area contributed by atoms with Gasteiger partial charge in [-0.1, -0.05) is 18.2 Å². The van der Waals surface area contributed by atoms with E-state index in [1.54, 1.807) is 29.2 Å². The van der Waals surface area contributed by atoms with Gasteiger partial charge in [0.2, 0.25) is 5.91 Å². The predicted molar refractivity (Wildman–Crippen MR) is 129 cm³/mol. The monoisotopic (exact) mass is 487 g/mol. The number of likely N-dealkylation sites (tertiary alicyclic amines) is 2. The molecule has 2 amide bonds. The molecule has 2 saturated heterocycles. The summed E-state index contributed by atoms with van der Waals surface area (Å²) in [7, 11) is 0. The Morgan fingerprint density at radius 3 is 2.29 bits per heavy atom. The Bertz CT molecular complexity index is 1060. The summed E-state index contributed by atoms with van der Waals surface area (Å²) in [6, 6.07) is 11.1. The third-order valence-corrected chi connectivity index (χ3v) is 7.29. The van der Waals surface area contributed by atoms with Crippen LogP contribution in [0.15, 0.2) is 42.5 Å². The van der Waals surface area contributed by atoms with Crippen LogP contribution in [-0.4, -0.2) is 53.8 Å². The molecule has 188 valence electrons. The average molecular weight is 488 g/mol. The quantitative estimate of drug-likeness (QED) is 0.610. The first-order valence-corrected chi connectivity index (χ1v) is 12.2. The van der Waals surface area contributed by atoms with E-state index in [1.807, 2.05) is 13.0 Å². The SMILES string of the molecule is Cc1ccc(C(=O)N2CCC(c3ccc(C(F)(F)F)cc3)CC2)cc1NC(=O)CN1CCCC1C. The Kier molecular flexibility index (Phi) is 7.50. The van der Waals surface area contributed by atoms with Crippen LogP contribution >= 0.6 is 0 Å². The van der Waals surface area contributed by atoms with Gasteiger partial charge in [-0.3, -0.25) is 14.5 Å². The maximum Gasteiger partial charge on any atom is 0.416 e. The van der Waals surface area contributed by atoms with Gasteiger partial charge in [-0.05, 0) is 87.4 Å². The minimum atomic E-state index is -4.34. The van der Waals surface area contributed by atoms with E-state index >= 15 is 0 Å². The van der Waals surface area contributed by atoms with Crippen molar-refractivity contribution in [2.45, 2.75) is 57.7 Å². The summed E-state index contributed by atoms with van der Waals surface area (Å²) in [5, 5.41) is 2.97. The number of amides is 2. The van der Waals surface area contributed by atoms with Gasteiger partial charge >= 0.3 is 6.18 Å². The number of nitrogens with zero attached hydrogens (tertiary/aromatic N) is 2. The molecular formula is C27H32F3N3O2. The smallest absolute Gasteiger partial charge is 0.339 e. The topological polar surface area (TPSA) is 52.7 Å². The number of aryl methyl sites for hydroxylation is 1. The lowest BCUT2D eigenvalue weighted by atomic mass is 9.88. The van der Waals surface area contributed by atoms with Crippen LogP contribution in [0.5, 0.6) is 0 Å². The van der Waals surface area contributed by atoms with Crippen LogP contribution in [-0.2, 0) is 11.0 Å². The van der Waals surface area contributed by atoms with Crippen molar-refractivity contribution in [3.05, 3.63) is 64.7 Å². The van der Waals surface area contributed by atoms with Crippen molar-refractivity contribution >= 4 is 17.5 Å². The number of anilines is 1. The zero-order valence-corrected chi connectivity index (χ0v) is 20.2. The summed E-state index contributed by atoms with van der Waals surface area (Å²) in [6.07, 6.45) is -0.743. The van der Waals surface area contributed by atoms with Crippen molar-refractivity contribution in [1.29, 1.82) is 0 Å². The minimum absolute atomic E-state index is 0.0798. The van der Waals surface area contributed by atoms with Crippen molar-refractivity contribution in [2.75, 3.05) is 31.5 Å². The van der Waals surface area contributed by atoms with E-state index in [1.165, 1.54) is 0 Å². The molecule has 0 radical (unpaired) electrons. The molecule has 0 aliphatic carbocycles. The largest absolute Gasteiger partial charge is 0.416 e. The molecule has 0 spiro atoms. The first-order valence-electron chi connectivity index (χ1n) is 12.2. The Morgan fingerprint density at radius 2 is 1.69 bits per heavy atom. The highest BCUT2D eigenvalue weighted by atomic mass is 19.4. The van der Waals surface area contributed by atoms with Gasteiger partial charge in [0.15, 0.2) is 0 Å². The van der Waals surface area contributed by atoms with Crippen molar-refractivity contribution in [3.8, 4) is 0 Å². The summed E-state index contributed by atoms with van der Waals surface area (Å²) in [4.78, 5) is 29.7. The summed E-state index contributed by atoms with van der Waals surface area (Å²) in [6.45, 7) is 6.37. The van der Waals surface area contributed by atoms with E-state index in [0.29, 0.717) is 49.8 Å². The van der Waals surface area contributed by atoms with Gasteiger partial charge in [-0.25, -0.2) is 0 Å². The number of benzene rings is 2. The highest BCUT2D eigenvalue weighted by Crippen LogP contribution is 2.33. The third-order valence-electron chi connectivity index (χ3n) is 7.29. The number of piperidine rings is 1. The first-order chi connectivity index (χ1) is 16.6. The van der Waals surface area contributed by atoms with E-state index in [9.17, 15) is 22.8 Å². The molecule has 4 rings (SSSR count). The second kappa shape index (κ2) is 10.4. The number of halogens is 3. The maximum absolute atomic E-state index is 13.1. The second-order valence-corrected chi connectivity index (χ2v) is 9.73. The van der Waals surface area contributed by atoms with Crippen molar-refractivity contribution in [2.24, 2.45) is 0 Å². The van der Waals surface area contributed by atoms with Crippen LogP contribution in [0.25, 0.3) is 0 Å². The molecule has 2 aromatic carbocycles. The molecule has 2 fully saturated rings. The fraction of sp³-hybridized carbons (Fsp3) is 0.481. The molecule has 2 heterocycles. The number of nitrogens with one attached hydrogen (secondary N) is 1. The summed E-state index contributed by atoms with van der Waals surface area (Å²) in [5.74, 6) is -0.0504. The second-order valence-electron chi connectivity index (χ2n) is 9.73. The van der Waals surface area contributed by atoms with E-state index in [-0.39, 0.29) is 17.7 Å². The van der Waals surface area contributed by atoms with Crippen LogP contribution in [0.1, 0.15) is 65.6 Å². The number of hydrogen-bond donors (Lipinski definition) is 1. The van der Waals surface area contributed by atoms with E-state index in [2.05, 4.69) is 17.1 Å². The van der Waals surface area contributed by atoms with Crippen LogP contribution in [0, 0.1) is 6.92 Å². The Morgan fingerprint density at radius 1 is 1.00 bits per heavy atom. The molecule has 2 aliphatic heterocycles. The number of carbonyl (C=O) groups excluding carboxylic acids is 2. The molecule has 1 unspecified atom stereocenters. The summed E-state index contributed by atoms with van der Waals surface area (Å²) in [5.41, 5.74) is 2.29. The van der Waals surface area contributed by atoms with E-state index < -0.39 is 11.7 Å². The average Bonchev–Trinajstić information content (AvgIpc) is 3.23. The normalized spacial score (nSPS) is 19.7. The Balaban J connectivity index is 1.35. The standard InChI is InChI=1S/C27H32F3N3O2/c1-18-5-6-22(16-24(18)31-25(34)17-33-13-3-4-19(33)2)26(35)32-14-11-21(12-15-32)20-7-9-23(10-8-20)27(28,29)30/h5-10,16,19,21H,3-4,11-15,17H2,1-2H3,(H,31,34).